The minimum absolute atomic E-state index is 0.0481. The van der Waals surface area contributed by atoms with Gasteiger partial charge in [-0.15, -0.1) is 0 Å². The molecule has 9 heteroatoms. The van der Waals surface area contributed by atoms with Crippen LogP contribution in [0.3, 0.4) is 0 Å². The van der Waals surface area contributed by atoms with Crippen LogP contribution in [0, 0.1) is 0 Å². The number of hydrogen-bond donors (Lipinski definition) is 1. The molecular weight excluding hydrogens is 387 g/mol. The first kappa shape index (κ1) is 20.4. The fourth-order valence-corrected chi connectivity index (χ4v) is 2.11. The van der Waals surface area contributed by atoms with Crippen LogP contribution >= 0.6 is 11.6 Å². The van der Waals surface area contributed by atoms with Crippen LogP contribution in [0.4, 0.5) is 13.2 Å². The Morgan fingerprint density at radius 1 is 0.926 bits per heavy atom. The zero-order valence-corrected chi connectivity index (χ0v) is 14.4. The molecule has 0 saturated heterocycles. The molecule has 0 saturated carbocycles. The highest BCUT2D eigenvalue weighted by molar-refractivity contribution is 6.30. The lowest BCUT2D eigenvalue weighted by Gasteiger charge is -2.08. The number of nitrogens with one attached hydrogen (secondary N) is 1. The second kappa shape index (κ2) is 8.68. The Balaban J connectivity index is 1.80. The molecule has 0 atom stereocenters. The number of ketones is 1. The lowest BCUT2D eigenvalue weighted by atomic mass is 10.1. The minimum Gasteiger partial charge on any atom is -0.456 e. The Bertz CT molecular complexity index is 833. The van der Waals surface area contributed by atoms with Gasteiger partial charge in [-0.3, -0.25) is 14.4 Å². The summed E-state index contributed by atoms with van der Waals surface area (Å²) in [5, 5.41) is 2.66. The third kappa shape index (κ3) is 6.10. The van der Waals surface area contributed by atoms with E-state index in [2.05, 4.69) is 5.32 Å². The molecule has 0 heterocycles. The number of benzene rings is 2. The van der Waals surface area contributed by atoms with E-state index in [0.29, 0.717) is 10.6 Å². The van der Waals surface area contributed by atoms with Crippen molar-refractivity contribution in [3.63, 3.8) is 0 Å². The molecule has 2 rings (SSSR count). The molecule has 0 aliphatic heterocycles. The predicted octanol–water partition coefficient (Wildman–Crippen LogP) is 3.51. The van der Waals surface area contributed by atoms with Crippen LogP contribution in [-0.2, 0) is 15.7 Å². The van der Waals surface area contributed by atoms with Crippen LogP contribution in [0.15, 0.2) is 48.5 Å². The topological polar surface area (TPSA) is 72.5 Å². The molecule has 2 aromatic carbocycles. The Hall–Kier alpha value is -2.87. The van der Waals surface area contributed by atoms with Gasteiger partial charge in [0.25, 0.3) is 5.91 Å². The van der Waals surface area contributed by atoms with Crippen molar-refractivity contribution < 1.29 is 32.3 Å². The van der Waals surface area contributed by atoms with E-state index in [0.717, 1.165) is 24.3 Å². The average molecular weight is 400 g/mol. The van der Waals surface area contributed by atoms with E-state index in [-0.39, 0.29) is 5.56 Å². The third-order valence-electron chi connectivity index (χ3n) is 3.40. The zero-order chi connectivity index (χ0) is 20.0. The second-order valence-electron chi connectivity index (χ2n) is 5.35. The number of alkyl halides is 3. The van der Waals surface area contributed by atoms with Gasteiger partial charge in [0, 0.05) is 16.1 Å². The molecule has 0 aromatic heterocycles. The molecule has 0 radical (unpaired) electrons. The lowest BCUT2D eigenvalue weighted by molar-refractivity contribution is -0.141. The summed E-state index contributed by atoms with van der Waals surface area (Å²) in [6.07, 6.45) is -4.50. The first-order chi connectivity index (χ1) is 12.7. The maximum atomic E-state index is 12.5. The van der Waals surface area contributed by atoms with E-state index < -0.39 is 42.6 Å². The van der Waals surface area contributed by atoms with Gasteiger partial charge in [0.2, 0.25) is 0 Å². The number of Topliss-reactive ketones (excluding diaryl/α,β-unsaturated/α-hetero) is 1. The van der Waals surface area contributed by atoms with Gasteiger partial charge in [0.1, 0.15) is 6.54 Å². The highest BCUT2D eigenvalue weighted by Crippen LogP contribution is 2.29. The number of hydrogen-bond acceptors (Lipinski definition) is 4. The lowest BCUT2D eigenvalue weighted by Crippen LogP contribution is -2.31. The summed E-state index contributed by atoms with van der Waals surface area (Å²) < 4.78 is 42.2. The second-order valence-corrected chi connectivity index (χ2v) is 5.78. The van der Waals surface area contributed by atoms with Gasteiger partial charge in [-0.25, -0.2) is 0 Å². The van der Waals surface area contributed by atoms with E-state index in [4.69, 9.17) is 16.3 Å². The Morgan fingerprint density at radius 2 is 1.48 bits per heavy atom. The maximum Gasteiger partial charge on any atom is 0.416 e. The van der Waals surface area contributed by atoms with Crippen molar-refractivity contribution in [2.75, 3.05) is 13.2 Å². The van der Waals surface area contributed by atoms with Crippen molar-refractivity contribution in [3.8, 4) is 0 Å². The standard InChI is InChI=1S/C18H13ClF3NO4/c19-14-7-3-11(4-8-14)15(24)10-27-16(25)9-23-17(26)12-1-5-13(6-2-12)18(20,21)22/h1-8H,9-10H2,(H,23,26). The fourth-order valence-electron chi connectivity index (χ4n) is 1.98. The molecule has 0 aliphatic carbocycles. The van der Waals surface area contributed by atoms with Gasteiger partial charge in [0.05, 0.1) is 5.56 Å². The van der Waals surface area contributed by atoms with Gasteiger partial charge < -0.3 is 10.1 Å². The molecule has 0 fully saturated rings. The van der Waals surface area contributed by atoms with Gasteiger partial charge in [-0.1, -0.05) is 11.6 Å². The van der Waals surface area contributed by atoms with Crippen LogP contribution in [0.25, 0.3) is 0 Å². The molecule has 1 N–H and O–H groups in total. The molecule has 0 unspecified atom stereocenters. The first-order valence-electron chi connectivity index (χ1n) is 7.56. The van der Waals surface area contributed by atoms with Crippen LogP contribution in [0.5, 0.6) is 0 Å². The Labute approximate surface area is 157 Å². The summed E-state index contributed by atoms with van der Waals surface area (Å²) in [6.45, 7) is -1.05. The Morgan fingerprint density at radius 3 is 2.04 bits per heavy atom. The molecule has 0 spiro atoms. The summed E-state index contributed by atoms with van der Waals surface area (Å²) in [5.74, 6) is -2.06. The van der Waals surface area contributed by atoms with Gasteiger partial charge in [-0.2, -0.15) is 13.2 Å². The van der Waals surface area contributed by atoms with Gasteiger partial charge >= 0.3 is 12.1 Å². The van der Waals surface area contributed by atoms with E-state index >= 15 is 0 Å². The molecule has 27 heavy (non-hydrogen) atoms. The van der Waals surface area contributed by atoms with Crippen molar-refractivity contribution in [1.82, 2.24) is 5.32 Å². The summed E-state index contributed by atoms with van der Waals surface area (Å²) >= 11 is 5.70. The number of halogens is 4. The quantitative estimate of drug-likeness (QED) is 0.596. The molecule has 2 aromatic rings. The SMILES string of the molecule is O=C(CNC(=O)c1ccc(C(F)(F)F)cc1)OCC(=O)c1ccc(Cl)cc1. The number of carbonyl (C=O) groups excluding carboxylic acids is 3. The van der Waals surface area contributed by atoms with E-state index in [1.807, 2.05) is 0 Å². The molecule has 0 bridgehead atoms. The number of ether oxygens (including phenoxy) is 1. The monoisotopic (exact) mass is 399 g/mol. The summed E-state index contributed by atoms with van der Waals surface area (Å²) in [6, 6.07) is 9.49. The number of esters is 1. The van der Waals surface area contributed by atoms with Crippen molar-refractivity contribution in [3.05, 3.63) is 70.2 Å². The smallest absolute Gasteiger partial charge is 0.416 e. The van der Waals surface area contributed by atoms with Crippen LogP contribution in [0.1, 0.15) is 26.3 Å². The number of carbonyl (C=O) groups is 3. The molecule has 5 nitrogen and oxygen atoms in total. The number of rotatable bonds is 6. The van der Waals surface area contributed by atoms with Crippen LogP contribution < -0.4 is 5.32 Å². The van der Waals surface area contributed by atoms with Crippen molar-refractivity contribution >= 4 is 29.3 Å². The normalized spacial score (nSPS) is 11.0. The van der Waals surface area contributed by atoms with Gasteiger partial charge in [0.15, 0.2) is 12.4 Å². The molecule has 142 valence electrons. The summed E-state index contributed by atoms with van der Waals surface area (Å²) in [4.78, 5) is 35.3. The highest BCUT2D eigenvalue weighted by Gasteiger charge is 2.30. The van der Waals surface area contributed by atoms with Crippen LogP contribution in [-0.4, -0.2) is 30.8 Å². The number of amides is 1. The van der Waals surface area contributed by atoms with Gasteiger partial charge in [-0.05, 0) is 48.5 Å². The molecular formula is C18H13ClF3NO4. The average Bonchev–Trinajstić information content (AvgIpc) is 2.64. The van der Waals surface area contributed by atoms with E-state index in [1.54, 1.807) is 0 Å². The van der Waals surface area contributed by atoms with Crippen molar-refractivity contribution in [2.45, 2.75) is 6.18 Å². The fraction of sp³-hybridized carbons (Fsp3) is 0.167. The highest BCUT2D eigenvalue weighted by atomic mass is 35.5. The molecule has 0 aliphatic rings. The minimum atomic E-state index is -4.50. The summed E-state index contributed by atoms with van der Waals surface area (Å²) in [7, 11) is 0. The van der Waals surface area contributed by atoms with Crippen molar-refractivity contribution in [1.29, 1.82) is 0 Å². The molecule has 1 amide bonds. The maximum absolute atomic E-state index is 12.5. The summed E-state index contributed by atoms with van der Waals surface area (Å²) in [5.41, 5.74) is -0.631. The zero-order valence-electron chi connectivity index (χ0n) is 13.7. The Kier molecular flexibility index (Phi) is 6.57. The third-order valence-corrected chi connectivity index (χ3v) is 3.65. The van der Waals surface area contributed by atoms with E-state index in [9.17, 15) is 27.6 Å². The first-order valence-corrected chi connectivity index (χ1v) is 7.94. The largest absolute Gasteiger partial charge is 0.456 e. The van der Waals surface area contributed by atoms with Crippen LogP contribution in [0.2, 0.25) is 5.02 Å². The van der Waals surface area contributed by atoms with E-state index in [1.165, 1.54) is 24.3 Å². The van der Waals surface area contributed by atoms with Crippen molar-refractivity contribution in [2.24, 2.45) is 0 Å². The predicted molar refractivity (Wildman–Crippen MR) is 90.5 cm³/mol.